The van der Waals surface area contributed by atoms with Crippen molar-refractivity contribution in [1.29, 1.82) is 5.26 Å². The van der Waals surface area contributed by atoms with Crippen molar-refractivity contribution in [2.45, 2.75) is 13.3 Å². The van der Waals surface area contributed by atoms with Crippen molar-refractivity contribution in [2.24, 2.45) is 5.10 Å². The SMILES string of the molecule is COc1ccc2oc(=O)c(C(C)=NNC(=O)CC#N)cc2c1. The molecule has 1 N–H and O–H groups in total. The first kappa shape index (κ1) is 15.3. The quantitative estimate of drug-likeness (QED) is 0.524. The van der Waals surface area contributed by atoms with E-state index in [9.17, 15) is 9.59 Å². The van der Waals surface area contributed by atoms with Crippen LogP contribution in [0.5, 0.6) is 5.75 Å². The molecule has 0 aliphatic heterocycles. The van der Waals surface area contributed by atoms with Crippen molar-refractivity contribution in [1.82, 2.24) is 5.43 Å². The highest BCUT2D eigenvalue weighted by Crippen LogP contribution is 2.20. The van der Waals surface area contributed by atoms with Crippen molar-refractivity contribution >= 4 is 22.6 Å². The first-order valence-electron chi connectivity index (χ1n) is 6.37. The van der Waals surface area contributed by atoms with Crippen molar-refractivity contribution < 1.29 is 13.9 Å². The van der Waals surface area contributed by atoms with Gasteiger partial charge in [-0.15, -0.1) is 0 Å². The first-order valence-corrected chi connectivity index (χ1v) is 6.37. The third-order valence-electron chi connectivity index (χ3n) is 2.92. The zero-order chi connectivity index (χ0) is 16.1. The monoisotopic (exact) mass is 299 g/mol. The van der Waals surface area contributed by atoms with Crippen LogP contribution < -0.4 is 15.8 Å². The molecule has 7 heteroatoms. The summed E-state index contributed by atoms with van der Waals surface area (Å²) in [5.41, 5.74) is 2.57. The van der Waals surface area contributed by atoms with E-state index in [0.29, 0.717) is 16.7 Å². The third-order valence-corrected chi connectivity index (χ3v) is 2.92. The Balaban J connectivity index is 2.40. The van der Waals surface area contributed by atoms with E-state index in [4.69, 9.17) is 14.4 Å². The number of nitriles is 1. The van der Waals surface area contributed by atoms with E-state index < -0.39 is 11.5 Å². The zero-order valence-corrected chi connectivity index (χ0v) is 12.0. The van der Waals surface area contributed by atoms with E-state index in [-0.39, 0.29) is 17.7 Å². The number of methoxy groups -OCH3 is 1. The van der Waals surface area contributed by atoms with Gasteiger partial charge in [-0.05, 0) is 31.2 Å². The number of hydrogen-bond acceptors (Lipinski definition) is 6. The smallest absolute Gasteiger partial charge is 0.345 e. The Labute approximate surface area is 125 Å². The fourth-order valence-electron chi connectivity index (χ4n) is 1.80. The molecule has 2 rings (SSSR count). The normalized spacial score (nSPS) is 11.0. The Morgan fingerprint density at radius 3 is 2.91 bits per heavy atom. The second-order valence-electron chi connectivity index (χ2n) is 4.42. The Hall–Kier alpha value is -3.14. The first-order chi connectivity index (χ1) is 10.5. The Bertz CT molecular complexity index is 846. The second kappa shape index (κ2) is 6.54. The molecule has 0 bridgehead atoms. The van der Waals surface area contributed by atoms with E-state index in [1.807, 2.05) is 0 Å². The molecule has 112 valence electrons. The fraction of sp³-hybridized carbons (Fsp3) is 0.200. The van der Waals surface area contributed by atoms with E-state index in [0.717, 1.165) is 0 Å². The summed E-state index contributed by atoms with van der Waals surface area (Å²) in [6.07, 6.45) is -0.305. The number of benzene rings is 1. The maximum Gasteiger partial charge on any atom is 0.345 e. The molecule has 0 aliphatic rings. The highest BCUT2D eigenvalue weighted by atomic mass is 16.5. The molecule has 1 heterocycles. The molecule has 1 aromatic carbocycles. The molecule has 0 fully saturated rings. The summed E-state index contributed by atoms with van der Waals surface area (Å²) in [7, 11) is 1.54. The van der Waals surface area contributed by atoms with Gasteiger partial charge in [-0.2, -0.15) is 10.4 Å². The minimum absolute atomic E-state index is 0.220. The van der Waals surface area contributed by atoms with Crippen LogP contribution in [-0.4, -0.2) is 18.7 Å². The van der Waals surface area contributed by atoms with Gasteiger partial charge in [0.2, 0.25) is 0 Å². The largest absolute Gasteiger partial charge is 0.497 e. The number of carbonyl (C=O) groups is 1. The number of nitrogens with zero attached hydrogens (tertiary/aromatic N) is 2. The molecule has 22 heavy (non-hydrogen) atoms. The van der Waals surface area contributed by atoms with Crippen LogP contribution in [0.3, 0.4) is 0 Å². The van der Waals surface area contributed by atoms with E-state index in [2.05, 4.69) is 10.5 Å². The van der Waals surface area contributed by atoms with Crippen LogP contribution >= 0.6 is 0 Å². The van der Waals surface area contributed by atoms with Crippen molar-refractivity contribution in [3.63, 3.8) is 0 Å². The summed E-state index contributed by atoms with van der Waals surface area (Å²) < 4.78 is 10.3. The van der Waals surface area contributed by atoms with Crippen LogP contribution in [0.2, 0.25) is 0 Å². The summed E-state index contributed by atoms with van der Waals surface area (Å²) in [6, 6.07) is 8.37. The summed E-state index contributed by atoms with van der Waals surface area (Å²) in [5, 5.41) is 12.9. The van der Waals surface area contributed by atoms with Crippen LogP contribution in [0.15, 0.2) is 38.6 Å². The molecule has 7 nitrogen and oxygen atoms in total. The highest BCUT2D eigenvalue weighted by molar-refractivity contribution is 6.01. The molecule has 2 aromatic rings. The lowest BCUT2D eigenvalue weighted by Crippen LogP contribution is -2.20. The molecule has 1 aromatic heterocycles. The molecule has 0 radical (unpaired) electrons. The third kappa shape index (κ3) is 3.30. The summed E-state index contributed by atoms with van der Waals surface area (Å²) >= 11 is 0. The van der Waals surface area contributed by atoms with Gasteiger partial charge in [0, 0.05) is 5.39 Å². The van der Waals surface area contributed by atoms with Gasteiger partial charge >= 0.3 is 5.63 Å². The summed E-state index contributed by atoms with van der Waals surface area (Å²) in [5.74, 6) is 0.0814. The van der Waals surface area contributed by atoms with Gasteiger partial charge in [0.05, 0.1) is 24.5 Å². The van der Waals surface area contributed by atoms with Crippen molar-refractivity contribution in [2.75, 3.05) is 7.11 Å². The molecule has 0 atom stereocenters. The average molecular weight is 299 g/mol. The van der Waals surface area contributed by atoms with Crippen LogP contribution in [-0.2, 0) is 4.79 Å². The lowest BCUT2D eigenvalue weighted by atomic mass is 10.1. The van der Waals surface area contributed by atoms with Gasteiger partial charge in [0.15, 0.2) is 0 Å². The summed E-state index contributed by atoms with van der Waals surface area (Å²) in [4.78, 5) is 23.2. The maximum atomic E-state index is 12.0. The van der Waals surface area contributed by atoms with Gasteiger partial charge < -0.3 is 9.15 Å². The number of carbonyl (C=O) groups excluding carboxylic acids is 1. The minimum atomic E-state index is -0.562. The lowest BCUT2D eigenvalue weighted by molar-refractivity contribution is -0.120. The molecule has 0 saturated carbocycles. The maximum absolute atomic E-state index is 12.0. The molecule has 0 saturated heterocycles. The Morgan fingerprint density at radius 2 is 2.23 bits per heavy atom. The number of ether oxygens (including phenoxy) is 1. The molecular formula is C15H13N3O4. The minimum Gasteiger partial charge on any atom is -0.497 e. The van der Waals surface area contributed by atoms with Crippen LogP contribution in [0, 0.1) is 11.3 Å². The lowest BCUT2D eigenvalue weighted by Gasteiger charge is -2.04. The summed E-state index contributed by atoms with van der Waals surface area (Å²) in [6.45, 7) is 1.56. The molecule has 1 amide bonds. The van der Waals surface area contributed by atoms with Gasteiger partial charge in [-0.25, -0.2) is 10.2 Å². The topological polar surface area (TPSA) is 105 Å². The predicted octanol–water partition coefficient (Wildman–Crippen LogP) is 1.56. The predicted molar refractivity (Wildman–Crippen MR) is 79.6 cm³/mol. The van der Waals surface area contributed by atoms with E-state index in [1.54, 1.807) is 44.4 Å². The van der Waals surface area contributed by atoms with Gasteiger partial charge in [0.1, 0.15) is 17.8 Å². The number of fused-ring (bicyclic) bond motifs is 1. The van der Waals surface area contributed by atoms with Crippen molar-refractivity contribution in [3.05, 3.63) is 40.2 Å². The Kier molecular flexibility index (Phi) is 4.53. The Morgan fingerprint density at radius 1 is 1.45 bits per heavy atom. The fourth-order valence-corrected chi connectivity index (χ4v) is 1.80. The van der Waals surface area contributed by atoms with Gasteiger partial charge in [-0.3, -0.25) is 4.79 Å². The number of nitrogens with one attached hydrogen (secondary N) is 1. The number of hydrogen-bond donors (Lipinski definition) is 1. The number of hydrazone groups is 1. The molecule has 0 spiro atoms. The number of rotatable bonds is 4. The van der Waals surface area contributed by atoms with Gasteiger partial charge in [0.25, 0.3) is 5.91 Å². The van der Waals surface area contributed by atoms with Crippen molar-refractivity contribution in [3.8, 4) is 11.8 Å². The highest BCUT2D eigenvalue weighted by Gasteiger charge is 2.10. The standard InChI is InChI=1S/C15H13N3O4/c1-9(17-18-14(19)5-6-16)12-8-10-7-11(21-2)3-4-13(10)22-15(12)20/h3-4,7-8H,5H2,1-2H3,(H,18,19). The second-order valence-corrected chi connectivity index (χ2v) is 4.42. The zero-order valence-electron chi connectivity index (χ0n) is 12.0. The van der Waals surface area contributed by atoms with E-state index in [1.165, 1.54) is 0 Å². The average Bonchev–Trinajstić information content (AvgIpc) is 2.51. The number of amides is 1. The van der Waals surface area contributed by atoms with Gasteiger partial charge in [-0.1, -0.05) is 0 Å². The van der Waals surface area contributed by atoms with E-state index >= 15 is 0 Å². The molecular weight excluding hydrogens is 286 g/mol. The molecule has 0 aliphatic carbocycles. The van der Waals surface area contributed by atoms with Crippen LogP contribution in [0.1, 0.15) is 18.9 Å². The molecule has 0 unspecified atom stereocenters. The van der Waals surface area contributed by atoms with Crippen LogP contribution in [0.4, 0.5) is 0 Å². The van der Waals surface area contributed by atoms with Crippen LogP contribution in [0.25, 0.3) is 11.0 Å².